The molecule has 3 heteroatoms. The molecule has 1 unspecified atom stereocenters. The minimum atomic E-state index is -0.649. The van der Waals surface area contributed by atoms with Gasteiger partial charge >= 0.3 is 5.97 Å². The molecule has 1 saturated heterocycles. The average Bonchev–Trinajstić information content (AvgIpc) is 2.59. The number of carboxylic acid groups (broad SMARTS) is 1. The fourth-order valence-corrected chi connectivity index (χ4v) is 3.00. The molecule has 90 valence electrons. The Morgan fingerprint density at radius 3 is 2.88 bits per heavy atom. The van der Waals surface area contributed by atoms with Crippen molar-refractivity contribution in [1.82, 2.24) is 4.90 Å². The van der Waals surface area contributed by atoms with Gasteiger partial charge in [0.15, 0.2) is 0 Å². The lowest BCUT2D eigenvalue weighted by Gasteiger charge is -2.41. The first-order valence-corrected chi connectivity index (χ1v) is 6.21. The fraction of sp³-hybridized carbons (Fsp3) is 0.500. The second kappa shape index (κ2) is 3.84. The van der Waals surface area contributed by atoms with Crippen LogP contribution < -0.4 is 0 Å². The number of benzene rings is 1. The predicted octanol–water partition coefficient (Wildman–Crippen LogP) is 2.00. The molecule has 1 atom stereocenters. The van der Waals surface area contributed by atoms with Crippen LogP contribution in [0, 0.1) is 12.8 Å². The molecule has 1 fully saturated rings. The molecular weight excluding hydrogens is 214 g/mol. The second-order valence-electron chi connectivity index (χ2n) is 5.25. The Kier molecular flexibility index (Phi) is 2.44. The lowest BCUT2D eigenvalue weighted by atomic mass is 9.95. The molecule has 0 aromatic heterocycles. The molecule has 0 spiro atoms. The van der Waals surface area contributed by atoms with Gasteiger partial charge in [-0.2, -0.15) is 0 Å². The van der Waals surface area contributed by atoms with Gasteiger partial charge in [-0.15, -0.1) is 0 Å². The second-order valence-corrected chi connectivity index (χ2v) is 5.25. The van der Waals surface area contributed by atoms with Crippen LogP contribution in [0.3, 0.4) is 0 Å². The molecule has 2 aliphatic rings. The summed E-state index contributed by atoms with van der Waals surface area (Å²) >= 11 is 0. The maximum Gasteiger partial charge on any atom is 0.309 e. The molecule has 1 aliphatic carbocycles. The summed E-state index contributed by atoms with van der Waals surface area (Å²) in [5.74, 6) is -0.799. The number of carbonyl (C=O) groups is 1. The number of likely N-dealkylation sites (tertiary alicyclic amines) is 1. The summed E-state index contributed by atoms with van der Waals surface area (Å²) in [5.41, 5.74) is 4.17. The monoisotopic (exact) mass is 231 g/mol. The van der Waals surface area contributed by atoms with E-state index in [9.17, 15) is 4.79 Å². The summed E-state index contributed by atoms with van der Waals surface area (Å²) in [6.07, 6.45) is 2.28. The van der Waals surface area contributed by atoms with Gasteiger partial charge < -0.3 is 5.11 Å². The minimum absolute atomic E-state index is 0.149. The maximum absolute atomic E-state index is 10.8. The molecule has 1 aromatic rings. The SMILES string of the molecule is Cc1ccc2c(c1)C(N1CC(C(=O)O)C1)CC2. The Hall–Kier alpha value is -1.35. The van der Waals surface area contributed by atoms with Crippen molar-refractivity contribution in [2.45, 2.75) is 25.8 Å². The van der Waals surface area contributed by atoms with Gasteiger partial charge in [-0.3, -0.25) is 9.69 Å². The van der Waals surface area contributed by atoms with E-state index in [1.807, 2.05) is 0 Å². The highest BCUT2D eigenvalue weighted by atomic mass is 16.4. The summed E-state index contributed by atoms with van der Waals surface area (Å²) in [7, 11) is 0. The molecule has 0 radical (unpaired) electrons. The molecule has 0 amide bonds. The third kappa shape index (κ3) is 1.75. The molecule has 3 nitrogen and oxygen atoms in total. The first-order chi connectivity index (χ1) is 8.15. The van der Waals surface area contributed by atoms with Crippen LogP contribution in [0.1, 0.15) is 29.2 Å². The van der Waals surface area contributed by atoms with E-state index < -0.39 is 5.97 Å². The van der Waals surface area contributed by atoms with Crippen molar-refractivity contribution in [3.05, 3.63) is 34.9 Å². The highest BCUT2D eigenvalue weighted by Gasteiger charge is 2.39. The van der Waals surface area contributed by atoms with Crippen molar-refractivity contribution >= 4 is 5.97 Å². The standard InChI is InChI=1S/C14H17NO2/c1-9-2-3-10-4-5-13(12(10)6-9)15-7-11(8-15)14(16)17/h2-3,6,11,13H,4-5,7-8H2,1H3,(H,16,17). The van der Waals surface area contributed by atoms with E-state index in [0.29, 0.717) is 19.1 Å². The molecule has 1 heterocycles. The van der Waals surface area contributed by atoms with Crippen molar-refractivity contribution < 1.29 is 9.90 Å². The van der Waals surface area contributed by atoms with E-state index in [0.717, 1.165) is 12.8 Å². The van der Waals surface area contributed by atoms with Gasteiger partial charge in [-0.1, -0.05) is 23.8 Å². The highest BCUT2D eigenvalue weighted by molar-refractivity contribution is 5.71. The fourth-order valence-electron chi connectivity index (χ4n) is 3.00. The van der Waals surface area contributed by atoms with Gasteiger partial charge in [0.2, 0.25) is 0 Å². The van der Waals surface area contributed by atoms with E-state index in [-0.39, 0.29) is 5.92 Å². The normalized spacial score (nSPS) is 24.4. The van der Waals surface area contributed by atoms with E-state index in [1.54, 1.807) is 0 Å². The van der Waals surface area contributed by atoms with Crippen LogP contribution in [0.2, 0.25) is 0 Å². The van der Waals surface area contributed by atoms with Crippen molar-refractivity contribution in [2.24, 2.45) is 5.92 Å². The quantitative estimate of drug-likeness (QED) is 0.846. The number of aliphatic carboxylic acids is 1. The van der Waals surface area contributed by atoms with Crippen molar-refractivity contribution in [2.75, 3.05) is 13.1 Å². The van der Waals surface area contributed by atoms with Crippen LogP contribution in [0.15, 0.2) is 18.2 Å². The summed E-state index contributed by atoms with van der Waals surface area (Å²) < 4.78 is 0. The lowest BCUT2D eigenvalue weighted by Crippen LogP contribution is -2.51. The number of hydrogen-bond donors (Lipinski definition) is 1. The van der Waals surface area contributed by atoms with Gasteiger partial charge in [0.1, 0.15) is 0 Å². The number of carboxylic acids is 1. The largest absolute Gasteiger partial charge is 0.481 e. The van der Waals surface area contributed by atoms with Crippen LogP contribution in [0.5, 0.6) is 0 Å². The summed E-state index contributed by atoms with van der Waals surface area (Å²) in [6.45, 7) is 3.55. The topological polar surface area (TPSA) is 40.5 Å². The van der Waals surface area contributed by atoms with Gasteiger partial charge in [0.25, 0.3) is 0 Å². The minimum Gasteiger partial charge on any atom is -0.481 e. The lowest BCUT2D eigenvalue weighted by molar-refractivity contribution is -0.148. The van der Waals surface area contributed by atoms with Crippen molar-refractivity contribution in [1.29, 1.82) is 0 Å². The highest BCUT2D eigenvalue weighted by Crippen LogP contribution is 2.39. The van der Waals surface area contributed by atoms with Crippen molar-refractivity contribution in [3.63, 3.8) is 0 Å². The maximum atomic E-state index is 10.8. The Morgan fingerprint density at radius 1 is 1.41 bits per heavy atom. The summed E-state index contributed by atoms with van der Waals surface area (Å²) in [4.78, 5) is 13.1. The molecule has 0 saturated carbocycles. The van der Waals surface area contributed by atoms with Crippen LogP contribution in [-0.2, 0) is 11.2 Å². The first kappa shape index (κ1) is 10.8. The number of fused-ring (bicyclic) bond motifs is 1. The zero-order chi connectivity index (χ0) is 12.0. The molecule has 17 heavy (non-hydrogen) atoms. The van der Waals surface area contributed by atoms with Gasteiger partial charge in [-0.25, -0.2) is 0 Å². The zero-order valence-electron chi connectivity index (χ0n) is 10.0. The first-order valence-electron chi connectivity index (χ1n) is 6.21. The van der Waals surface area contributed by atoms with Gasteiger partial charge in [-0.05, 0) is 30.9 Å². The van der Waals surface area contributed by atoms with Crippen LogP contribution in [0.25, 0.3) is 0 Å². The zero-order valence-corrected chi connectivity index (χ0v) is 10.0. The summed E-state index contributed by atoms with van der Waals surface area (Å²) in [6, 6.07) is 7.11. The molecule has 0 bridgehead atoms. The molecular formula is C14H17NO2. The third-order valence-corrected chi connectivity index (χ3v) is 4.05. The van der Waals surface area contributed by atoms with Crippen LogP contribution in [0.4, 0.5) is 0 Å². The predicted molar refractivity (Wildman–Crippen MR) is 64.9 cm³/mol. The number of hydrogen-bond acceptors (Lipinski definition) is 2. The number of nitrogens with zero attached hydrogens (tertiary/aromatic N) is 1. The average molecular weight is 231 g/mol. The molecule has 1 aliphatic heterocycles. The van der Waals surface area contributed by atoms with Gasteiger partial charge in [0, 0.05) is 19.1 Å². The Balaban J connectivity index is 1.76. The van der Waals surface area contributed by atoms with E-state index in [2.05, 4.69) is 30.0 Å². The number of aryl methyl sites for hydroxylation is 2. The van der Waals surface area contributed by atoms with E-state index in [4.69, 9.17) is 5.11 Å². The number of rotatable bonds is 2. The smallest absolute Gasteiger partial charge is 0.309 e. The van der Waals surface area contributed by atoms with E-state index in [1.165, 1.54) is 16.7 Å². The Bertz CT molecular complexity index is 463. The Morgan fingerprint density at radius 2 is 2.18 bits per heavy atom. The molecule has 1 N–H and O–H groups in total. The molecule has 3 rings (SSSR count). The van der Waals surface area contributed by atoms with Crippen LogP contribution >= 0.6 is 0 Å². The molecule has 1 aromatic carbocycles. The van der Waals surface area contributed by atoms with E-state index >= 15 is 0 Å². The van der Waals surface area contributed by atoms with Crippen LogP contribution in [-0.4, -0.2) is 29.1 Å². The summed E-state index contributed by atoms with van der Waals surface area (Å²) in [5, 5.41) is 8.91. The van der Waals surface area contributed by atoms with Gasteiger partial charge in [0.05, 0.1) is 5.92 Å². The Labute approximate surface area is 101 Å². The third-order valence-electron chi connectivity index (χ3n) is 4.05. The van der Waals surface area contributed by atoms with Crippen molar-refractivity contribution in [3.8, 4) is 0 Å².